The summed E-state index contributed by atoms with van der Waals surface area (Å²) in [4.78, 5) is 32.9. The number of hydrogen-bond donors (Lipinski definition) is 1. The number of Topliss-reactive ketones (excluding diaryl/α,β-unsaturated/α-hetero) is 1. The lowest BCUT2D eigenvalue weighted by molar-refractivity contribution is 0.0797. The van der Waals surface area contributed by atoms with Gasteiger partial charge in [-0.15, -0.1) is 0 Å². The zero-order valence-electron chi connectivity index (χ0n) is 19.9. The number of nitrogens with zero attached hydrogens (tertiary/aromatic N) is 2. The van der Waals surface area contributed by atoms with Gasteiger partial charge < -0.3 is 9.73 Å². The van der Waals surface area contributed by atoms with E-state index in [1.807, 2.05) is 48.5 Å². The molecule has 2 aromatic heterocycles. The van der Waals surface area contributed by atoms with Crippen LogP contribution in [0.4, 0.5) is 0 Å². The van der Waals surface area contributed by atoms with Gasteiger partial charge in [0, 0.05) is 48.3 Å². The summed E-state index contributed by atoms with van der Waals surface area (Å²) in [7, 11) is 0. The predicted octanol–water partition coefficient (Wildman–Crippen LogP) is 5.51. The molecular weight excluding hydrogens is 474 g/mol. The molecule has 1 saturated heterocycles. The topological polar surface area (TPSA) is 75.4 Å². The number of benzene rings is 2. The van der Waals surface area contributed by atoms with Gasteiger partial charge in [0.1, 0.15) is 5.76 Å². The van der Waals surface area contributed by atoms with E-state index in [1.165, 1.54) is 6.08 Å². The summed E-state index contributed by atoms with van der Waals surface area (Å²) in [6.45, 7) is 4.98. The number of furan rings is 1. The molecule has 0 radical (unpaired) electrons. The standard InChI is InChI=1S/C29H26ClN3O3/c1-19-2-11-27(36-19)26(34)10-5-20-3-6-21(7-4-20)29(35)28(33-16-14-31-15-17-33)24-12-13-32-25-18-22(30)8-9-23(24)25/h2-13,18,28,31H,14-17H2,1H3/b10-5+. The van der Waals surface area contributed by atoms with E-state index in [0.717, 1.165) is 48.2 Å². The van der Waals surface area contributed by atoms with Crippen LogP contribution in [0.25, 0.3) is 17.0 Å². The molecule has 36 heavy (non-hydrogen) atoms. The van der Waals surface area contributed by atoms with Crippen molar-refractivity contribution in [3.63, 3.8) is 0 Å². The summed E-state index contributed by atoms with van der Waals surface area (Å²) in [5.41, 5.74) is 3.13. The van der Waals surface area contributed by atoms with E-state index in [1.54, 1.807) is 31.3 Å². The first-order valence-electron chi connectivity index (χ1n) is 11.9. The predicted molar refractivity (Wildman–Crippen MR) is 142 cm³/mol. The molecule has 5 rings (SSSR count). The number of ketones is 2. The maximum atomic E-state index is 13.9. The van der Waals surface area contributed by atoms with E-state index in [-0.39, 0.29) is 11.6 Å². The molecular formula is C29H26ClN3O3. The number of hydrogen-bond acceptors (Lipinski definition) is 6. The number of pyridine rings is 1. The molecule has 6 nitrogen and oxygen atoms in total. The van der Waals surface area contributed by atoms with Crippen molar-refractivity contribution in [2.45, 2.75) is 13.0 Å². The van der Waals surface area contributed by atoms with Crippen molar-refractivity contribution >= 4 is 40.1 Å². The molecule has 4 aromatic rings. The van der Waals surface area contributed by atoms with E-state index in [4.69, 9.17) is 16.0 Å². The number of nitrogens with one attached hydrogen (secondary N) is 1. The van der Waals surface area contributed by atoms with Crippen molar-refractivity contribution in [3.05, 3.63) is 106 Å². The molecule has 1 aliphatic rings. The zero-order chi connectivity index (χ0) is 25.1. The Morgan fingerprint density at radius 1 is 1.06 bits per heavy atom. The monoisotopic (exact) mass is 499 g/mol. The van der Waals surface area contributed by atoms with E-state index < -0.39 is 6.04 Å². The Morgan fingerprint density at radius 2 is 1.83 bits per heavy atom. The van der Waals surface area contributed by atoms with Gasteiger partial charge in [-0.3, -0.25) is 19.5 Å². The molecule has 0 bridgehead atoms. The number of piperazine rings is 1. The fraction of sp³-hybridized carbons (Fsp3) is 0.207. The maximum absolute atomic E-state index is 13.9. The lowest BCUT2D eigenvalue weighted by Gasteiger charge is -2.34. The summed E-state index contributed by atoms with van der Waals surface area (Å²) in [5.74, 6) is 0.822. The Morgan fingerprint density at radius 3 is 2.56 bits per heavy atom. The summed E-state index contributed by atoms with van der Waals surface area (Å²) in [5, 5.41) is 4.90. The Kier molecular flexibility index (Phi) is 7.09. The number of carbonyl (C=O) groups excluding carboxylic acids is 2. The van der Waals surface area contributed by atoms with Gasteiger partial charge in [0.25, 0.3) is 0 Å². The molecule has 182 valence electrons. The molecule has 2 aromatic carbocycles. The molecule has 7 heteroatoms. The van der Waals surface area contributed by atoms with Crippen LogP contribution in [0.2, 0.25) is 5.02 Å². The van der Waals surface area contributed by atoms with Crippen molar-refractivity contribution < 1.29 is 14.0 Å². The third-order valence-electron chi connectivity index (χ3n) is 6.40. The first-order valence-corrected chi connectivity index (χ1v) is 12.3. The first kappa shape index (κ1) is 24.1. The molecule has 0 spiro atoms. The molecule has 0 saturated carbocycles. The van der Waals surface area contributed by atoms with Crippen molar-refractivity contribution in [1.29, 1.82) is 0 Å². The SMILES string of the molecule is Cc1ccc(C(=O)/C=C/c2ccc(C(=O)C(c3ccnc4cc(Cl)ccc34)N3CCNCC3)cc2)o1. The highest BCUT2D eigenvalue weighted by atomic mass is 35.5. The molecule has 0 aliphatic carbocycles. The molecule has 1 aliphatic heterocycles. The van der Waals surface area contributed by atoms with Crippen molar-refractivity contribution in [2.24, 2.45) is 0 Å². The smallest absolute Gasteiger partial charge is 0.221 e. The zero-order valence-corrected chi connectivity index (χ0v) is 20.7. The average Bonchev–Trinajstić information content (AvgIpc) is 3.34. The van der Waals surface area contributed by atoms with E-state index >= 15 is 0 Å². The molecule has 1 fully saturated rings. The number of aryl methyl sites for hydroxylation is 1. The van der Waals surface area contributed by atoms with Gasteiger partial charge in [-0.1, -0.05) is 48.0 Å². The minimum Gasteiger partial charge on any atom is -0.458 e. The van der Waals surface area contributed by atoms with Gasteiger partial charge in [-0.2, -0.15) is 0 Å². The number of halogens is 1. The fourth-order valence-electron chi connectivity index (χ4n) is 4.56. The Hall–Kier alpha value is -3.58. The van der Waals surface area contributed by atoms with Gasteiger partial charge in [-0.05, 0) is 54.5 Å². The van der Waals surface area contributed by atoms with E-state index in [0.29, 0.717) is 22.1 Å². The number of rotatable bonds is 7. The third kappa shape index (κ3) is 5.16. The molecule has 3 heterocycles. The van der Waals surface area contributed by atoms with Crippen LogP contribution in [0.15, 0.2) is 77.4 Å². The van der Waals surface area contributed by atoms with Gasteiger partial charge in [0.15, 0.2) is 11.5 Å². The minimum absolute atomic E-state index is 0.0250. The first-order chi connectivity index (χ1) is 17.5. The Balaban J connectivity index is 1.43. The lowest BCUT2D eigenvalue weighted by Crippen LogP contribution is -2.47. The Bertz CT molecular complexity index is 1440. The number of aromatic nitrogens is 1. The van der Waals surface area contributed by atoms with E-state index in [2.05, 4.69) is 15.2 Å². The number of fused-ring (bicyclic) bond motifs is 1. The highest BCUT2D eigenvalue weighted by Gasteiger charge is 2.31. The van der Waals surface area contributed by atoms with Crippen LogP contribution in [-0.4, -0.2) is 47.6 Å². The van der Waals surface area contributed by atoms with Gasteiger partial charge >= 0.3 is 0 Å². The second kappa shape index (κ2) is 10.6. The maximum Gasteiger partial charge on any atom is 0.221 e. The minimum atomic E-state index is -0.441. The van der Waals surface area contributed by atoms with Crippen LogP contribution in [0.5, 0.6) is 0 Å². The molecule has 1 unspecified atom stereocenters. The van der Waals surface area contributed by atoms with Crippen LogP contribution in [0.3, 0.4) is 0 Å². The van der Waals surface area contributed by atoms with Crippen LogP contribution < -0.4 is 5.32 Å². The van der Waals surface area contributed by atoms with Crippen LogP contribution in [0, 0.1) is 6.92 Å². The summed E-state index contributed by atoms with van der Waals surface area (Å²) in [6.07, 6.45) is 4.94. The molecule has 1 N–H and O–H groups in total. The van der Waals surface area contributed by atoms with Gasteiger partial charge in [0.05, 0.1) is 11.6 Å². The summed E-state index contributed by atoms with van der Waals surface area (Å²) >= 11 is 6.20. The van der Waals surface area contributed by atoms with Crippen LogP contribution in [0.1, 0.15) is 43.8 Å². The summed E-state index contributed by atoms with van der Waals surface area (Å²) in [6, 6.07) is 17.9. The fourth-order valence-corrected chi connectivity index (χ4v) is 4.73. The highest BCUT2D eigenvalue weighted by molar-refractivity contribution is 6.31. The van der Waals surface area contributed by atoms with Crippen molar-refractivity contribution in [3.8, 4) is 0 Å². The van der Waals surface area contributed by atoms with Gasteiger partial charge in [0.2, 0.25) is 5.78 Å². The van der Waals surface area contributed by atoms with Crippen molar-refractivity contribution in [1.82, 2.24) is 15.2 Å². The molecule has 1 atom stereocenters. The van der Waals surface area contributed by atoms with Crippen LogP contribution in [-0.2, 0) is 0 Å². The number of carbonyl (C=O) groups is 2. The summed E-state index contributed by atoms with van der Waals surface area (Å²) < 4.78 is 5.38. The quantitative estimate of drug-likeness (QED) is 0.267. The van der Waals surface area contributed by atoms with Crippen molar-refractivity contribution in [2.75, 3.05) is 26.2 Å². The molecule has 0 amide bonds. The number of allylic oxidation sites excluding steroid dienone is 1. The largest absolute Gasteiger partial charge is 0.458 e. The van der Waals surface area contributed by atoms with Gasteiger partial charge in [-0.25, -0.2) is 0 Å². The highest BCUT2D eigenvalue weighted by Crippen LogP contribution is 2.32. The lowest BCUT2D eigenvalue weighted by atomic mass is 9.92. The second-order valence-electron chi connectivity index (χ2n) is 8.84. The van der Waals surface area contributed by atoms with E-state index in [9.17, 15) is 9.59 Å². The Labute approximate surface area is 214 Å². The third-order valence-corrected chi connectivity index (χ3v) is 6.64. The van der Waals surface area contributed by atoms with Crippen LogP contribution >= 0.6 is 11.6 Å². The normalized spacial score (nSPS) is 15.4. The second-order valence-corrected chi connectivity index (χ2v) is 9.28. The average molecular weight is 500 g/mol.